The monoisotopic (exact) mass is 293 g/mol. The number of Topliss-reactive ketones (excluding diaryl/α,β-unsaturated/α-hetero) is 1. The van der Waals surface area contributed by atoms with Crippen molar-refractivity contribution in [3.8, 4) is 0 Å². The summed E-state index contributed by atoms with van der Waals surface area (Å²) in [5.74, 6) is 1.30. The molecule has 0 saturated heterocycles. The van der Waals surface area contributed by atoms with Gasteiger partial charge in [0, 0.05) is 18.7 Å². The summed E-state index contributed by atoms with van der Waals surface area (Å²) in [6, 6.07) is 8.40. The third-order valence-electron chi connectivity index (χ3n) is 4.64. The summed E-state index contributed by atoms with van der Waals surface area (Å²) in [5.41, 5.74) is 5.04. The first kappa shape index (κ1) is 13.4. The molecular formula is C18H19N3O. The lowest BCUT2D eigenvalue weighted by Gasteiger charge is -2.24. The summed E-state index contributed by atoms with van der Waals surface area (Å²) in [4.78, 5) is 23.8. The van der Waals surface area contributed by atoms with Crippen LogP contribution < -0.4 is 4.90 Å². The molecule has 4 heteroatoms. The molecule has 1 aliphatic carbocycles. The van der Waals surface area contributed by atoms with Crippen LogP contribution in [0.4, 0.5) is 11.6 Å². The summed E-state index contributed by atoms with van der Waals surface area (Å²) in [6.07, 6.45) is 2.50. The van der Waals surface area contributed by atoms with Gasteiger partial charge in [-0.25, -0.2) is 9.97 Å². The fourth-order valence-corrected chi connectivity index (χ4v) is 3.61. The molecule has 0 fully saturated rings. The van der Waals surface area contributed by atoms with Crippen molar-refractivity contribution < 1.29 is 4.79 Å². The van der Waals surface area contributed by atoms with Crippen molar-refractivity contribution in [1.29, 1.82) is 0 Å². The minimum Gasteiger partial charge on any atom is -0.310 e. The second kappa shape index (κ2) is 4.90. The van der Waals surface area contributed by atoms with Crippen LogP contribution in [0.25, 0.3) is 0 Å². The van der Waals surface area contributed by atoms with E-state index in [1.165, 1.54) is 11.3 Å². The first-order chi connectivity index (χ1) is 10.6. The Morgan fingerprint density at radius 1 is 1.18 bits per heavy atom. The molecule has 1 aliphatic heterocycles. The molecule has 1 aromatic heterocycles. The van der Waals surface area contributed by atoms with Crippen molar-refractivity contribution in [3.63, 3.8) is 0 Å². The number of aromatic nitrogens is 2. The number of anilines is 2. The summed E-state index contributed by atoms with van der Waals surface area (Å²) in [6.45, 7) is 4.95. The molecule has 2 aromatic rings. The molecule has 22 heavy (non-hydrogen) atoms. The van der Waals surface area contributed by atoms with Crippen LogP contribution in [0.15, 0.2) is 24.3 Å². The van der Waals surface area contributed by atoms with Crippen LogP contribution in [0.5, 0.6) is 0 Å². The third kappa shape index (κ3) is 2.02. The Morgan fingerprint density at radius 3 is 2.86 bits per heavy atom. The summed E-state index contributed by atoms with van der Waals surface area (Å²) >= 11 is 0. The predicted octanol–water partition coefficient (Wildman–Crippen LogP) is 3.24. The molecule has 0 unspecified atom stereocenters. The van der Waals surface area contributed by atoms with Crippen molar-refractivity contribution in [2.75, 3.05) is 11.4 Å². The molecule has 1 atom stereocenters. The summed E-state index contributed by atoms with van der Waals surface area (Å²) < 4.78 is 0. The largest absolute Gasteiger partial charge is 0.310 e. The number of hydrogen-bond acceptors (Lipinski definition) is 4. The van der Waals surface area contributed by atoms with E-state index in [2.05, 4.69) is 35.0 Å². The van der Waals surface area contributed by atoms with Gasteiger partial charge in [0.15, 0.2) is 5.78 Å². The molecule has 112 valence electrons. The Kier molecular flexibility index (Phi) is 2.99. The van der Waals surface area contributed by atoms with E-state index in [0.717, 1.165) is 42.3 Å². The first-order valence-electron chi connectivity index (χ1n) is 7.89. The number of fused-ring (bicyclic) bond motifs is 2. The van der Waals surface area contributed by atoms with Crippen LogP contribution in [0.1, 0.15) is 40.7 Å². The highest BCUT2D eigenvalue weighted by atomic mass is 16.1. The molecule has 0 saturated carbocycles. The number of rotatable bonds is 1. The highest BCUT2D eigenvalue weighted by molar-refractivity contribution is 5.99. The molecule has 4 nitrogen and oxygen atoms in total. The van der Waals surface area contributed by atoms with Gasteiger partial charge in [0.25, 0.3) is 0 Å². The fourth-order valence-electron chi connectivity index (χ4n) is 3.61. The van der Waals surface area contributed by atoms with Crippen LogP contribution in [-0.4, -0.2) is 22.3 Å². The molecular weight excluding hydrogens is 274 g/mol. The molecule has 0 amide bonds. The lowest BCUT2D eigenvalue weighted by Crippen LogP contribution is -2.25. The van der Waals surface area contributed by atoms with Gasteiger partial charge in [-0.1, -0.05) is 25.1 Å². The highest BCUT2D eigenvalue weighted by Crippen LogP contribution is 2.34. The average molecular weight is 293 g/mol. The average Bonchev–Trinajstić information content (AvgIpc) is 2.89. The van der Waals surface area contributed by atoms with E-state index in [1.807, 2.05) is 13.0 Å². The number of para-hydroxylation sites is 1. The molecule has 0 radical (unpaired) electrons. The zero-order chi connectivity index (χ0) is 15.3. The van der Waals surface area contributed by atoms with Gasteiger partial charge in [-0.15, -0.1) is 0 Å². The molecule has 0 bridgehead atoms. The van der Waals surface area contributed by atoms with Gasteiger partial charge in [0.05, 0.1) is 17.0 Å². The third-order valence-corrected chi connectivity index (χ3v) is 4.64. The highest BCUT2D eigenvalue weighted by Gasteiger charge is 2.29. The van der Waals surface area contributed by atoms with Gasteiger partial charge in [-0.3, -0.25) is 4.79 Å². The van der Waals surface area contributed by atoms with E-state index in [1.54, 1.807) is 0 Å². The van der Waals surface area contributed by atoms with Crippen LogP contribution in [-0.2, 0) is 12.8 Å². The van der Waals surface area contributed by atoms with E-state index in [-0.39, 0.29) is 5.78 Å². The first-order valence-corrected chi connectivity index (χ1v) is 7.89. The zero-order valence-electron chi connectivity index (χ0n) is 13.0. The Balaban J connectivity index is 1.80. The van der Waals surface area contributed by atoms with Gasteiger partial charge in [0.1, 0.15) is 0 Å². The van der Waals surface area contributed by atoms with Crippen LogP contribution in [0, 0.1) is 12.8 Å². The van der Waals surface area contributed by atoms with Crippen molar-refractivity contribution in [1.82, 2.24) is 9.97 Å². The predicted molar refractivity (Wildman–Crippen MR) is 85.7 cm³/mol. The van der Waals surface area contributed by atoms with Crippen molar-refractivity contribution >= 4 is 17.4 Å². The number of ketones is 1. The zero-order valence-corrected chi connectivity index (χ0v) is 13.0. The fraction of sp³-hybridized carbons (Fsp3) is 0.389. The number of carbonyl (C=O) groups excluding carboxylic acids is 1. The Bertz CT molecular complexity index is 769. The van der Waals surface area contributed by atoms with E-state index in [9.17, 15) is 4.79 Å². The van der Waals surface area contributed by atoms with Gasteiger partial charge in [-0.2, -0.15) is 0 Å². The molecule has 2 heterocycles. The summed E-state index contributed by atoms with van der Waals surface area (Å²) in [7, 11) is 0. The van der Waals surface area contributed by atoms with Crippen molar-refractivity contribution in [2.45, 2.75) is 33.1 Å². The molecule has 4 rings (SSSR count). The van der Waals surface area contributed by atoms with Gasteiger partial charge < -0.3 is 4.90 Å². The number of hydrogen-bond donors (Lipinski definition) is 0. The Labute approximate surface area is 130 Å². The topological polar surface area (TPSA) is 46.1 Å². The molecule has 1 aromatic carbocycles. The van der Waals surface area contributed by atoms with E-state index < -0.39 is 0 Å². The lowest BCUT2D eigenvalue weighted by molar-refractivity contribution is 0.0951. The second-order valence-electron chi connectivity index (χ2n) is 6.40. The van der Waals surface area contributed by atoms with Gasteiger partial charge in [-0.05, 0) is 37.3 Å². The maximum Gasteiger partial charge on any atom is 0.230 e. The second-order valence-corrected chi connectivity index (χ2v) is 6.40. The van der Waals surface area contributed by atoms with Gasteiger partial charge >= 0.3 is 0 Å². The van der Waals surface area contributed by atoms with Crippen LogP contribution >= 0.6 is 0 Å². The quantitative estimate of drug-likeness (QED) is 0.809. The van der Waals surface area contributed by atoms with E-state index >= 15 is 0 Å². The molecule has 0 N–H and O–H groups in total. The minimum atomic E-state index is 0.194. The van der Waals surface area contributed by atoms with E-state index in [0.29, 0.717) is 12.3 Å². The lowest BCUT2D eigenvalue weighted by atomic mass is 9.86. The maximum atomic E-state index is 12.3. The maximum absolute atomic E-state index is 12.3. The Morgan fingerprint density at radius 2 is 2.00 bits per heavy atom. The normalized spacial score (nSPS) is 20.0. The Hall–Kier alpha value is -2.23. The molecule has 2 aliphatic rings. The number of carbonyl (C=O) groups is 1. The number of nitrogens with zero attached hydrogens (tertiary/aromatic N) is 3. The SMILES string of the molecule is Cc1nc(N2CCc3ccccc32)nc2c1C(=O)C[C@H](C)C2. The molecule has 0 spiro atoms. The standard InChI is InChI=1S/C18H19N3O/c1-11-9-14-17(16(22)10-11)12(2)19-18(20-14)21-8-7-13-5-3-4-6-15(13)21/h3-6,11H,7-10H2,1-2H3/t11-/m1/s1. The minimum absolute atomic E-state index is 0.194. The van der Waals surface area contributed by atoms with Crippen LogP contribution in [0.3, 0.4) is 0 Å². The van der Waals surface area contributed by atoms with Gasteiger partial charge in [0.2, 0.25) is 5.95 Å². The summed E-state index contributed by atoms with van der Waals surface area (Å²) in [5, 5.41) is 0. The van der Waals surface area contributed by atoms with E-state index in [4.69, 9.17) is 4.98 Å². The van der Waals surface area contributed by atoms with Crippen molar-refractivity contribution in [2.24, 2.45) is 5.92 Å². The smallest absolute Gasteiger partial charge is 0.230 e. The number of aryl methyl sites for hydroxylation is 1. The van der Waals surface area contributed by atoms with Crippen LogP contribution in [0.2, 0.25) is 0 Å². The van der Waals surface area contributed by atoms with Crippen molar-refractivity contribution in [3.05, 3.63) is 46.8 Å². The number of benzene rings is 1.